The fourth-order valence-electron chi connectivity index (χ4n) is 3.35. The first-order valence-electron chi connectivity index (χ1n) is 8.27. The van der Waals surface area contributed by atoms with E-state index in [0.717, 1.165) is 64.0 Å². The van der Waals surface area contributed by atoms with Crippen LogP contribution in [0.2, 0.25) is 5.02 Å². The Morgan fingerprint density at radius 1 is 1.00 bits per heavy atom. The van der Waals surface area contributed by atoms with Crippen molar-refractivity contribution in [2.75, 3.05) is 63.9 Å². The normalized spacial score (nSPS) is 22.7. The standard InChI is InChI=1S/C17H26ClN3O/c1-15(14-19-10-12-22-13-11-19)20-6-8-21(9-7-20)17-4-2-16(18)3-5-17/h2-5,15H,6-14H2,1H3/t15-/m1/s1. The van der Waals surface area contributed by atoms with Crippen molar-refractivity contribution in [3.8, 4) is 0 Å². The maximum Gasteiger partial charge on any atom is 0.0594 e. The summed E-state index contributed by atoms with van der Waals surface area (Å²) in [6.45, 7) is 11.9. The first kappa shape index (κ1) is 16.1. The fourth-order valence-corrected chi connectivity index (χ4v) is 3.47. The van der Waals surface area contributed by atoms with Gasteiger partial charge in [-0.05, 0) is 31.2 Å². The molecule has 122 valence electrons. The third kappa shape index (κ3) is 4.13. The molecule has 4 nitrogen and oxygen atoms in total. The van der Waals surface area contributed by atoms with E-state index in [1.165, 1.54) is 5.69 Å². The largest absolute Gasteiger partial charge is 0.379 e. The first-order valence-corrected chi connectivity index (χ1v) is 8.65. The first-order chi connectivity index (χ1) is 10.7. The monoisotopic (exact) mass is 323 g/mol. The van der Waals surface area contributed by atoms with E-state index in [-0.39, 0.29) is 0 Å². The molecule has 0 aliphatic carbocycles. The van der Waals surface area contributed by atoms with Gasteiger partial charge in [0, 0.05) is 62.6 Å². The van der Waals surface area contributed by atoms with Crippen LogP contribution in [0.3, 0.4) is 0 Å². The highest BCUT2D eigenvalue weighted by Gasteiger charge is 2.23. The summed E-state index contributed by atoms with van der Waals surface area (Å²) in [6.07, 6.45) is 0. The summed E-state index contributed by atoms with van der Waals surface area (Å²) in [5.41, 5.74) is 1.28. The molecule has 0 spiro atoms. The van der Waals surface area contributed by atoms with Gasteiger partial charge in [-0.25, -0.2) is 0 Å². The maximum atomic E-state index is 5.97. The van der Waals surface area contributed by atoms with Gasteiger partial charge in [0.1, 0.15) is 0 Å². The number of halogens is 1. The Labute approximate surface area is 138 Å². The number of hydrogen-bond acceptors (Lipinski definition) is 4. The second-order valence-corrected chi connectivity index (χ2v) is 6.70. The van der Waals surface area contributed by atoms with Gasteiger partial charge in [-0.1, -0.05) is 11.6 Å². The quantitative estimate of drug-likeness (QED) is 0.845. The Hall–Kier alpha value is -0.810. The highest BCUT2D eigenvalue weighted by molar-refractivity contribution is 6.30. The van der Waals surface area contributed by atoms with Crippen molar-refractivity contribution >= 4 is 17.3 Å². The zero-order valence-electron chi connectivity index (χ0n) is 13.4. The van der Waals surface area contributed by atoms with Crippen LogP contribution in [0, 0.1) is 0 Å². The molecule has 0 aromatic heterocycles. The lowest BCUT2D eigenvalue weighted by atomic mass is 10.2. The Morgan fingerprint density at radius 3 is 2.27 bits per heavy atom. The van der Waals surface area contributed by atoms with E-state index in [2.05, 4.69) is 33.8 Å². The number of nitrogens with zero attached hydrogens (tertiary/aromatic N) is 3. The summed E-state index contributed by atoms with van der Waals surface area (Å²) in [4.78, 5) is 7.59. The lowest BCUT2D eigenvalue weighted by molar-refractivity contribution is 0.0239. The molecule has 0 radical (unpaired) electrons. The summed E-state index contributed by atoms with van der Waals surface area (Å²) in [7, 11) is 0. The molecular formula is C17H26ClN3O. The summed E-state index contributed by atoms with van der Waals surface area (Å²) in [5, 5.41) is 0.807. The van der Waals surface area contributed by atoms with Crippen molar-refractivity contribution < 1.29 is 4.74 Å². The third-order valence-corrected chi connectivity index (χ3v) is 5.01. The van der Waals surface area contributed by atoms with E-state index < -0.39 is 0 Å². The lowest BCUT2D eigenvalue weighted by Gasteiger charge is -2.41. The van der Waals surface area contributed by atoms with Gasteiger partial charge in [-0.15, -0.1) is 0 Å². The molecule has 2 fully saturated rings. The van der Waals surface area contributed by atoms with Crippen molar-refractivity contribution in [3.05, 3.63) is 29.3 Å². The second kappa shape index (κ2) is 7.64. The van der Waals surface area contributed by atoms with Crippen molar-refractivity contribution in [1.29, 1.82) is 0 Å². The summed E-state index contributed by atoms with van der Waals surface area (Å²) < 4.78 is 5.43. The minimum atomic E-state index is 0.616. The zero-order valence-corrected chi connectivity index (χ0v) is 14.1. The predicted molar refractivity (Wildman–Crippen MR) is 92.0 cm³/mol. The van der Waals surface area contributed by atoms with E-state index in [4.69, 9.17) is 16.3 Å². The summed E-state index contributed by atoms with van der Waals surface area (Å²) in [6, 6.07) is 8.81. The minimum Gasteiger partial charge on any atom is -0.379 e. The number of hydrogen-bond donors (Lipinski definition) is 0. The number of morpholine rings is 1. The van der Waals surface area contributed by atoms with E-state index in [1.54, 1.807) is 0 Å². The van der Waals surface area contributed by atoms with Crippen LogP contribution in [0.4, 0.5) is 5.69 Å². The smallest absolute Gasteiger partial charge is 0.0594 e. The highest BCUT2D eigenvalue weighted by Crippen LogP contribution is 2.20. The van der Waals surface area contributed by atoms with Gasteiger partial charge >= 0.3 is 0 Å². The van der Waals surface area contributed by atoms with Crippen LogP contribution in [0.25, 0.3) is 0 Å². The maximum absolute atomic E-state index is 5.97. The minimum absolute atomic E-state index is 0.616. The zero-order chi connectivity index (χ0) is 15.4. The number of piperazine rings is 1. The molecular weight excluding hydrogens is 298 g/mol. The Morgan fingerprint density at radius 2 is 1.64 bits per heavy atom. The second-order valence-electron chi connectivity index (χ2n) is 6.26. The average Bonchev–Trinajstić information content (AvgIpc) is 2.57. The van der Waals surface area contributed by atoms with Crippen molar-refractivity contribution in [1.82, 2.24) is 9.80 Å². The molecule has 2 saturated heterocycles. The lowest BCUT2D eigenvalue weighted by Crippen LogP contribution is -2.53. The molecule has 2 heterocycles. The molecule has 0 amide bonds. The molecule has 22 heavy (non-hydrogen) atoms. The summed E-state index contributed by atoms with van der Waals surface area (Å²) >= 11 is 5.97. The van der Waals surface area contributed by atoms with Crippen LogP contribution >= 0.6 is 11.6 Å². The Balaban J connectivity index is 1.47. The number of rotatable bonds is 4. The molecule has 2 aliphatic rings. The van der Waals surface area contributed by atoms with Crippen molar-refractivity contribution in [2.24, 2.45) is 0 Å². The van der Waals surface area contributed by atoms with Gasteiger partial charge in [0.05, 0.1) is 13.2 Å². The molecule has 0 bridgehead atoms. The Bertz CT molecular complexity index is 453. The topological polar surface area (TPSA) is 19.0 Å². The van der Waals surface area contributed by atoms with Gasteiger partial charge in [0.2, 0.25) is 0 Å². The van der Waals surface area contributed by atoms with Crippen LogP contribution in [0.15, 0.2) is 24.3 Å². The molecule has 5 heteroatoms. The molecule has 1 aromatic rings. The van der Waals surface area contributed by atoms with Gasteiger partial charge < -0.3 is 9.64 Å². The molecule has 0 unspecified atom stereocenters. The van der Waals surface area contributed by atoms with Crippen LogP contribution in [-0.4, -0.2) is 74.9 Å². The molecule has 0 saturated carbocycles. The molecule has 2 aliphatic heterocycles. The van der Waals surface area contributed by atoms with Crippen LogP contribution < -0.4 is 4.90 Å². The van der Waals surface area contributed by atoms with Crippen molar-refractivity contribution in [3.63, 3.8) is 0 Å². The van der Waals surface area contributed by atoms with E-state index >= 15 is 0 Å². The van der Waals surface area contributed by atoms with Gasteiger partial charge in [-0.3, -0.25) is 9.80 Å². The average molecular weight is 324 g/mol. The van der Waals surface area contributed by atoms with Crippen LogP contribution in [-0.2, 0) is 4.74 Å². The molecule has 1 aromatic carbocycles. The van der Waals surface area contributed by atoms with Crippen LogP contribution in [0.5, 0.6) is 0 Å². The van der Waals surface area contributed by atoms with E-state index in [0.29, 0.717) is 6.04 Å². The van der Waals surface area contributed by atoms with Gasteiger partial charge in [-0.2, -0.15) is 0 Å². The predicted octanol–water partition coefficient (Wildman–Crippen LogP) is 2.18. The van der Waals surface area contributed by atoms with Gasteiger partial charge in [0.25, 0.3) is 0 Å². The van der Waals surface area contributed by atoms with Crippen molar-refractivity contribution in [2.45, 2.75) is 13.0 Å². The summed E-state index contributed by atoms with van der Waals surface area (Å²) in [5.74, 6) is 0. The van der Waals surface area contributed by atoms with Gasteiger partial charge in [0.15, 0.2) is 0 Å². The number of benzene rings is 1. The van der Waals surface area contributed by atoms with E-state index in [1.807, 2.05) is 12.1 Å². The molecule has 0 N–H and O–H groups in total. The number of anilines is 1. The molecule has 3 rings (SSSR count). The SMILES string of the molecule is C[C@H](CN1CCOCC1)N1CCN(c2ccc(Cl)cc2)CC1. The number of ether oxygens (including phenoxy) is 1. The van der Waals surface area contributed by atoms with Crippen LogP contribution in [0.1, 0.15) is 6.92 Å². The third-order valence-electron chi connectivity index (χ3n) is 4.76. The molecule has 1 atom stereocenters. The van der Waals surface area contributed by atoms with E-state index in [9.17, 15) is 0 Å². The fraction of sp³-hybridized carbons (Fsp3) is 0.647. The highest BCUT2D eigenvalue weighted by atomic mass is 35.5. The Kier molecular flexibility index (Phi) is 5.58.